The van der Waals surface area contributed by atoms with Crippen LogP contribution in [0.4, 0.5) is 0 Å². The minimum Gasteiger partial charge on any atom is -0.547 e. The Hall–Kier alpha value is -0.363. The van der Waals surface area contributed by atoms with E-state index in [1.54, 1.807) is 0 Å². The van der Waals surface area contributed by atoms with Crippen LogP contribution in [0, 0.1) is 0 Å². The number of fused-ring (bicyclic) bond motifs is 5. The molecule has 2 saturated heterocycles. The molecule has 3 aliphatic rings. The van der Waals surface area contributed by atoms with Gasteiger partial charge in [0.2, 0.25) is 8.32 Å². The highest BCUT2D eigenvalue weighted by Gasteiger charge is 2.56. The fourth-order valence-electron chi connectivity index (χ4n) is 2.93. The molecule has 0 amide bonds. The summed E-state index contributed by atoms with van der Waals surface area (Å²) in [6.07, 6.45) is 3.03. The fourth-order valence-corrected chi connectivity index (χ4v) is 3.87. The molecule has 3 heterocycles. The summed E-state index contributed by atoms with van der Waals surface area (Å²) in [5.74, 6) is 0.579. The highest BCUT2D eigenvalue weighted by atomic mass is 28.4. The first-order chi connectivity index (χ1) is 8.23. The van der Waals surface area contributed by atoms with Crippen molar-refractivity contribution in [3.8, 4) is 0 Å². The van der Waals surface area contributed by atoms with Crippen molar-refractivity contribution in [2.45, 2.75) is 70.1 Å². The Bertz CT molecular complexity index is 385. The molecule has 0 aromatic rings. The van der Waals surface area contributed by atoms with Crippen molar-refractivity contribution in [3.63, 3.8) is 0 Å². The van der Waals surface area contributed by atoms with Gasteiger partial charge in [0, 0.05) is 6.42 Å². The third-order valence-corrected chi connectivity index (χ3v) is 4.25. The second-order valence-corrected chi connectivity index (χ2v) is 11.2. The van der Waals surface area contributed by atoms with Gasteiger partial charge in [0.25, 0.3) is 0 Å². The Balaban J connectivity index is 1.77. The maximum atomic E-state index is 6.09. The standard InChI is InChI=1S/C13H22O4Si/c1-13(2)15-11-9-6-8(17-18(3,4)5)7-10(14-9)12(11)16-13/h6,9-12H,7H2,1-5H3/t9-,10+,11-,12+/m0/s1. The highest BCUT2D eigenvalue weighted by molar-refractivity contribution is 6.70. The van der Waals surface area contributed by atoms with Crippen LogP contribution in [-0.2, 0) is 18.6 Å². The van der Waals surface area contributed by atoms with E-state index >= 15 is 0 Å². The average Bonchev–Trinajstić information content (AvgIpc) is 2.60. The lowest BCUT2D eigenvalue weighted by Crippen LogP contribution is -2.33. The Kier molecular flexibility index (Phi) is 2.69. The molecule has 2 fully saturated rings. The van der Waals surface area contributed by atoms with Crippen molar-refractivity contribution < 1.29 is 18.6 Å². The Labute approximate surface area is 109 Å². The van der Waals surface area contributed by atoms with Crippen molar-refractivity contribution in [3.05, 3.63) is 11.8 Å². The van der Waals surface area contributed by atoms with Gasteiger partial charge in [-0.15, -0.1) is 0 Å². The molecule has 18 heavy (non-hydrogen) atoms. The van der Waals surface area contributed by atoms with E-state index in [9.17, 15) is 0 Å². The summed E-state index contributed by atoms with van der Waals surface area (Å²) >= 11 is 0. The molecule has 0 aliphatic carbocycles. The first kappa shape index (κ1) is 12.7. The number of ether oxygens (including phenoxy) is 3. The van der Waals surface area contributed by atoms with Crippen LogP contribution >= 0.6 is 0 Å². The zero-order valence-electron chi connectivity index (χ0n) is 11.7. The smallest absolute Gasteiger partial charge is 0.241 e. The molecule has 0 radical (unpaired) electrons. The van der Waals surface area contributed by atoms with Gasteiger partial charge in [-0.2, -0.15) is 0 Å². The molecule has 0 spiro atoms. The second kappa shape index (κ2) is 3.82. The van der Waals surface area contributed by atoms with Crippen molar-refractivity contribution in [1.82, 2.24) is 0 Å². The van der Waals surface area contributed by atoms with E-state index < -0.39 is 14.1 Å². The predicted molar refractivity (Wildman–Crippen MR) is 69.6 cm³/mol. The molecule has 3 rings (SSSR count). The topological polar surface area (TPSA) is 36.9 Å². The van der Waals surface area contributed by atoms with Crippen LogP contribution in [0.15, 0.2) is 11.8 Å². The predicted octanol–water partition coefficient (Wildman–Crippen LogP) is 2.41. The summed E-state index contributed by atoms with van der Waals surface area (Å²) in [5, 5.41) is 0. The zero-order valence-corrected chi connectivity index (χ0v) is 12.7. The molecule has 2 bridgehead atoms. The van der Waals surface area contributed by atoms with E-state index in [0.29, 0.717) is 0 Å². The summed E-state index contributed by atoms with van der Waals surface area (Å²) in [6.45, 7) is 10.5. The molecule has 0 aromatic carbocycles. The van der Waals surface area contributed by atoms with E-state index in [-0.39, 0.29) is 24.4 Å². The van der Waals surface area contributed by atoms with Gasteiger partial charge in [0.1, 0.15) is 18.3 Å². The summed E-state index contributed by atoms with van der Waals surface area (Å²) in [7, 11) is -1.55. The molecule has 5 heteroatoms. The summed E-state index contributed by atoms with van der Waals surface area (Å²) in [6, 6.07) is 0. The van der Waals surface area contributed by atoms with Gasteiger partial charge in [0.15, 0.2) is 5.79 Å². The van der Waals surface area contributed by atoms with Crippen LogP contribution in [0.25, 0.3) is 0 Å². The molecule has 4 atom stereocenters. The summed E-state index contributed by atoms with van der Waals surface area (Å²) in [5.41, 5.74) is 0. The maximum absolute atomic E-state index is 6.09. The van der Waals surface area contributed by atoms with Gasteiger partial charge in [-0.3, -0.25) is 0 Å². The Morgan fingerprint density at radius 2 is 1.89 bits per heavy atom. The van der Waals surface area contributed by atoms with Gasteiger partial charge >= 0.3 is 0 Å². The first-order valence-electron chi connectivity index (χ1n) is 6.64. The molecule has 0 aromatic heterocycles. The SMILES string of the molecule is CC1(C)O[C@@H]2[C@H](O1)[C@H]1CC(O[Si](C)(C)C)=C[C@@H]2O1. The lowest BCUT2D eigenvalue weighted by molar-refractivity contribution is -0.184. The lowest BCUT2D eigenvalue weighted by Gasteiger charge is -2.30. The van der Waals surface area contributed by atoms with Gasteiger partial charge in [-0.05, 0) is 39.6 Å². The summed E-state index contributed by atoms with van der Waals surface area (Å²) < 4.78 is 23.9. The lowest BCUT2D eigenvalue weighted by atomic mass is 10.1. The largest absolute Gasteiger partial charge is 0.547 e. The van der Waals surface area contributed by atoms with E-state index in [1.807, 2.05) is 13.8 Å². The fraction of sp³-hybridized carbons (Fsp3) is 0.846. The van der Waals surface area contributed by atoms with Crippen LogP contribution < -0.4 is 0 Å². The van der Waals surface area contributed by atoms with E-state index in [4.69, 9.17) is 18.6 Å². The van der Waals surface area contributed by atoms with E-state index in [0.717, 1.165) is 12.2 Å². The van der Waals surface area contributed by atoms with Crippen LogP contribution in [0.5, 0.6) is 0 Å². The third kappa shape index (κ3) is 2.24. The average molecular weight is 270 g/mol. The molecule has 0 saturated carbocycles. The zero-order chi connectivity index (χ0) is 13.1. The molecule has 102 valence electrons. The number of hydrogen-bond acceptors (Lipinski definition) is 4. The van der Waals surface area contributed by atoms with E-state index in [1.165, 1.54) is 0 Å². The summed E-state index contributed by atoms with van der Waals surface area (Å²) in [4.78, 5) is 0. The number of hydrogen-bond donors (Lipinski definition) is 0. The van der Waals surface area contributed by atoms with Crippen LogP contribution in [0.1, 0.15) is 20.3 Å². The van der Waals surface area contributed by atoms with Gasteiger partial charge < -0.3 is 18.6 Å². The molecule has 0 unspecified atom stereocenters. The third-order valence-electron chi connectivity index (χ3n) is 3.38. The molecule has 0 N–H and O–H groups in total. The highest BCUT2D eigenvalue weighted by Crippen LogP contribution is 2.44. The van der Waals surface area contributed by atoms with Gasteiger partial charge in [-0.1, -0.05) is 0 Å². The molecule has 4 nitrogen and oxygen atoms in total. The van der Waals surface area contributed by atoms with Crippen molar-refractivity contribution in [1.29, 1.82) is 0 Å². The monoisotopic (exact) mass is 270 g/mol. The molecular weight excluding hydrogens is 248 g/mol. The minimum atomic E-state index is -1.55. The van der Waals surface area contributed by atoms with Crippen molar-refractivity contribution in [2.75, 3.05) is 0 Å². The Morgan fingerprint density at radius 3 is 2.56 bits per heavy atom. The normalized spacial score (nSPS) is 41.5. The minimum absolute atomic E-state index is 0.0122. The van der Waals surface area contributed by atoms with Crippen LogP contribution in [0.2, 0.25) is 19.6 Å². The van der Waals surface area contributed by atoms with Crippen molar-refractivity contribution in [2.24, 2.45) is 0 Å². The number of rotatable bonds is 2. The van der Waals surface area contributed by atoms with Crippen LogP contribution in [-0.4, -0.2) is 38.5 Å². The van der Waals surface area contributed by atoms with Crippen LogP contribution in [0.3, 0.4) is 0 Å². The molecular formula is C13H22O4Si. The van der Waals surface area contributed by atoms with Crippen molar-refractivity contribution >= 4 is 8.32 Å². The molecule has 3 aliphatic heterocycles. The van der Waals surface area contributed by atoms with Gasteiger partial charge in [-0.25, -0.2) is 0 Å². The second-order valence-electron chi connectivity index (χ2n) is 6.76. The first-order valence-corrected chi connectivity index (χ1v) is 10.1. The Morgan fingerprint density at radius 1 is 1.22 bits per heavy atom. The van der Waals surface area contributed by atoms with E-state index in [2.05, 4.69) is 25.7 Å². The maximum Gasteiger partial charge on any atom is 0.241 e. The quantitative estimate of drug-likeness (QED) is 0.722. The van der Waals surface area contributed by atoms with Gasteiger partial charge in [0.05, 0.1) is 11.9 Å².